The lowest BCUT2D eigenvalue weighted by molar-refractivity contribution is 0.632. The predicted octanol–water partition coefficient (Wildman–Crippen LogP) is 3.57. The summed E-state index contributed by atoms with van der Waals surface area (Å²) >= 11 is 1.74. The van der Waals surface area contributed by atoms with Crippen LogP contribution in [0.1, 0.15) is 20.3 Å². The van der Waals surface area contributed by atoms with Crippen molar-refractivity contribution < 1.29 is 0 Å². The average molecular weight is 288 g/mol. The Hall–Kier alpha value is -1.59. The third-order valence-electron chi connectivity index (χ3n) is 2.83. The Bertz CT molecular complexity index is 543. The highest BCUT2D eigenvalue weighted by Gasteiger charge is 2.07. The number of nitrogens with zero attached hydrogens (tertiary/aromatic N) is 2. The summed E-state index contributed by atoms with van der Waals surface area (Å²) in [5, 5.41) is 0.951. The van der Waals surface area contributed by atoms with Crippen molar-refractivity contribution in [2.75, 3.05) is 11.2 Å². The maximum absolute atomic E-state index is 5.49. The molecule has 0 aliphatic heterocycles. The summed E-state index contributed by atoms with van der Waals surface area (Å²) in [4.78, 5) is 9.01. The molecule has 4 nitrogen and oxygen atoms in total. The van der Waals surface area contributed by atoms with Crippen molar-refractivity contribution in [3.63, 3.8) is 0 Å². The average Bonchev–Trinajstić information content (AvgIpc) is 2.47. The third kappa shape index (κ3) is 4.21. The number of aromatic nitrogens is 2. The summed E-state index contributed by atoms with van der Waals surface area (Å²) in [6.07, 6.45) is 1.17. The van der Waals surface area contributed by atoms with Gasteiger partial charge in [0.15, 0.2) is 5.82 Å². The molecule has 0 radical (unpaired) electrons. The molecule has 106 valence electrons. The monoisotopic (exact) mass is 288 g/mol. The van der Waals surface area contributed by atoms with Crippen LogP contribution in [-0.4, -0.2) is 15.7 Å². The van der Waals surface area contributed by atoms with Crippen molar-refractivity contribution in [1.82, 2.24) is 9.97 Å². The van der Waals surface area contributed by atoms with Gasteiger partial charge in [-0.2, -0.15) is 0 Å². The van der Waals surface area contributed by atoms with E-state index in [1.54, 1.807) is 11.8 Å². The van der Waals surface area contributed by atoms with E-state index >= 15 is 0 Å². The maximum atomic E-state index is 5.49. The van der Waals surface area contributed by atoms with Crippen molar-refractivity contribution in [3.05, 3.63) is 36.4 Å². The fraction of sp³-hybridized carbons (Fsp3) is 0.333. The second kappa shape index (κ2) is 7.26. The van der Waals surface area contributed by atoms with E-state index in [-0.39, 0.29) is 0 Å². The van der Waals surface area contributed by atoms with Crippen molar-refractivity contribution in [3.8, 4) is 11.4 Å². The molecule has 1 heterocycles. The van der Waals surface area contributed by atoms with E-state index in [4.69, 9.17) is 5.84 Å². The molecular weight excluding hydrogens is 268 g/mol. The van der Waals surface area contributed by atoms with Crippen LogP contribution in [0.4, 0.5) is 5.82 Å². The predicted molar refractivity (Wildman–Crippen MR) is 85.5 cm³/mol. The van der Waals surface area contributed by atoms with Crippen molar-refractivity contribution >= 4 is 17.6 Å². The van der Waals surface area contributed by atoms with Gasteiger partial charge in [0.25, 0.3) is 0 Å². The van der Waals surface area contributed by atoms with E-state index in [9.17, 15) is 0 Å². The molecule has 3 N–H and O–H groups in total. The van der Waals surface area contributed by atoms with Crippen LogP contribution >= 0.6 is 11.8 Å². The number of hydrazine groups is 1. The first kappa shape index (κ1) is 14.8. The van der Waals surface area contributed by atoms with Gasteiger partial charge in [0.1, 0.15) is 10.8 Å². The first-order valence-corrected chi connectivity index (χ1v) is 7.71. The molecule has 2 aromatic rings. The van der Waals surface area contributed by atoms with Gasteiger partial charge in [-0.3, -0.25) is 0 Å². The van der Waals surface area contributed by atoms with Crippen molar-refractivity contribution in [2.24, 2.45) is 11.8 Å². The lowest BCUT2D eigenvalue weighted by Crippen LogP contribution is -2.09. The molecule has 0 aliphatic carbocycles. The van der Waals surface area contributed by atoms with Gasteiger partial charge in [0, 0.05) is 11.6 Å². The Morgan fingerprint density at radius 1 is 1.20 bits per heavy atom. The van der Waals surface area contributed by atoms with E-state index < -0.39 is 0 Å². The lowest BCUT2D eigenvalue weighted by Gasteiger charge is -2.08. The van der Waals surface area contributed by atoms with E-state index in [0.29, 0.717) is 17.6 Å². The van der Waals surface area contributed by atoms with Gasteiger partial charge in [-0.1, -0.05) is 44.2 Å². The summed E-state index contributed by atoms with van der Waals surface area (Å²) in [5.74, 6) is 8.59. The normalized spacial score (nSPS) is 10.8. The minimum absolute atomic E-state index is 0.644. The Morgan fingerprint density at radius 2 is 1.95 bits per heavy atom. The molecule has 0 saturated carbocycles. The molecule has 0 aliphatic rings. The zero-order valence-electron chi connectivity index (χ0n) is 11.8. The summed E-state index contributed by atoms with van der Waals surface area (Å²) in [6.45, 7) is 4.45. The van der Waals surface area contributed by atoms with E-state index in [2.05, 4.69) is 29.2 Å². The molecule has 1 aromatic heterocycles. The van der Waals surface area contributed by atoms with Gasteiger partial charge >= 0.3 is 0 Å². The number of hydrogen-bond donors (Lipinski definition) is 2. The van der Waals surface area contributed by atoms with Gasteiger partial charge < -0.3 is 5.43 Å². The molecule has 0 saturated heterocycles. The second-order valence-corrected chi connectivity index (χ2v) is 6.07. The fourth-order valence-electron chi connectivity index (χ4n) is 1.69. The topological polar surface area (TPSA) is 63.8 Å². The summed E-state index contributed by atoms with van der Waals surface area (Å²) < 4.78 is 0. The van der Waals surface area contributed by atoms with Crippen LogP contribution in [0.15, 0.2) is 41.4 Å². The summed E-state index contributed by atoms with van der Waals surface area (Å²) in [7, 11) is 0. The molecule has 5 heteroatoms. The highest BCUT2D eigenvalue weighted by molar-refractivity contribution is 7.99. The molecule has 2 rings (SSSR count). The first-order chi connectivity index (χ1) is 9.69. The number of anilines is 1. The van der Waals surface area contributed by atoms with Crippen molar-refractivity contribution in [2.45, 2.75) is 25.3 Å². The Kier molecular flexibility index (Phi) is 5.38. The van der Waals surface area contributed by atoms with Gasteiger partial charge in [-0.25, -0.2) is 15.8 Å². The zero-order valence-corrected chi connectivity index (χ0v) is 12.7. The quantitative estimate of drug-likeness (QED) is 0.368. The lowest BCUT2D eigenvalue weighted by atomic mass is 10.2. The van der Waals surface area contributed by atoms with Crippen LogP contribution in [-0.2, 0) is 0 Å². The van der Waals surface area contributed by atoms with Crippen LogP contribution in [0.25, 0.3) is 11.4 Å². The van der Waals surface area contributed by atoms with Gasteiger partial charge in [-0.15, -0.1) is 11.8 Å². The van der Waals surface area contributed by atoms with Crippen molar-refractivity contribution in [1.29, 1.82) is 0 Å². The molecular formula is C15H20N4S. The number of thioether (sulfide) groups is 1. The van der Waals surface area contributed by atoms with Crippen LogP contribution < -0.4 is 11.3 Å². The summed E-state index contributed by atoms with van der Waals surface area (Å²) in [6, 6.07) is 11.8. The number of nitrogens with one attached hydrogen (secondary N) is 1. The van der Waals surface area contributed by atoms with Crippen LogP contribution in [0, 0.1) is 5.92 Å². The minimum atomic E-state index is 0.644. The molecule has 0 spiro atoms. The van der Waals surface area contributed by atoms with E-state index in [0.717, 1.165) is 16.3 Å². The number of nitrogens with two attached hydrogens (primary N) is 1. The highest BCUT2D eigenvalue weighted by atomic mass is 32.2. The Labute approximate surface area is 124 Å². The molecule has 1 aromatic carbocycles. The Balaban J connectivity index is 2.20. The number of rotatable bonds is 6. The number of nitrogen functional groups attached to an aromatic ring is 1. The smallest absolute Gasteiger partial charge is 0.162 e. The van der Waals surface area contributed by atoms with E-state index in [1.807, 2.05) is 36.4 Å². The second-order valence-electron chi connectivity index (χ2n) is 4.96. The molecule has 0 fully saturated rings. The standard InChI is InChI=1S/C15H20N4S/c1-11(2)8-9-20-14-10-13(19-16)17-15(18-14)12-6-4-3-5-7-12/h3-7,10-11H,8-9,16H2,1-2H3,(H,17,18,19). The van der Waals surface area contributed by atoms with Gasteiger partial charge in [0.05, 0.1) is 0 Å². The number of benzene rings is 1. The molecule has 0 atom stereocenters. The Morgan fingerprint density at radius 3 is 2.60 bits per heavy atom. The number of hydrogen-bond acceptors (Lipinski definition) is 5. The summed E-state index contributed by atoms with van der Waals surface area (Å²) in [5.41, 5.74) is 3.61. The maximum Gasteiger partial charge on any atom is 0.162 e. The highest BCUT2D eigenvalue weighted by Crippen LogP contribution is 2.24. The van der Waals surface area contributed by atoms with Crippen LogP contribution in [0.2, 0.25) is 0 Å². The van der Waals surface area contributed by atoms with Gasteiger partial charge in [-0.05, 0) is 18.1 Å². The molecule has 0 unspecified atom stereocenters. The molecule has 20 heavy (non-hydrogen) atoms. The third-order valence-corrected chi connectivity index (χ3v) is 3.77. The largest absolute Gasteiger partial charge is 0.308 e. The van der Waals surface area contributed by atoms with Crippen LogP contribution in [0.5, 0.6) is 0 Å². The molecule has 0 amide bonds. The molecule has 0 bridgehead atoms. The van der Waals surface area contributed by atoms with E-state index in [1.165, 1.54) is 6.42 Å². The van der Waals surface area contributed by atoms with Gasteiger partial charge in [0.2, 0.25) is 0 Å². The first-order valence-electron chi connectivity index (χ1n) is 6.73. The SMILES string of the molecule is CC(C)CCSc1cc(NN)nc(-c2ccccc2)n1. The fourth-order valence-corrected chi connectivity index (χ4v) is 2.83. The van der Waals surface area contributed by atoms with Crippen LogP contribution in [0.3, 0.4) is 0 Å². The minimum Gasteiger partial charge on any atom is -0.308 e. The zero-order chi connectivity index (χ0) is 14.4.